The van der Waals surface area contributed by atoms with Gasteiger partial charge in [-0.3, -0.25) is 9.59 Å². The van der Waals surface area contributed by atoms with Gasteiger partial charge in [0.25, 0.3) is 5.91 Å². The van der Waals surface area contributed by atoms with Crippen molar-refractivity contribution in [1.29, 1.82) is 0 Å². The van der Waals surface area contributed by atoms with Crippen LogP contribution >= 0.6 is 11.6 Å². The fraction of sp³-hybridized carbons (Fsp3) is 0.500. The lowest BCUT2D eigenvalue weighted by molar-refractivity contribution is -0.125. The summed E-state index contributed by atoms with van der Waals surface area (Å²) in [5.41, 5.74) is 0.418. The topological polar surface area (TPSA) is 71.5 Å². The highest BCUT2D eigenvalue weighted by Crippen LogP contribution is 2.18. The van der Waals surface area contributed by atoms with Gasteiger partial charge in [0.1, 0.15) is 11.8 Å². The summed E-state index contributed by atoms with van der Waals surface area (Å²) in [5.74, 6) is -0.243. The van der Waals surface area contributed by atoms with E-state index < -0.39 is 0 Å². The molecule has 0 saturated carbocycles. The van der Waals surface area contributed by atoms with Gasteiger partial charge < -0.3 is 15.0 Å². The number of ether oxygens (including phenoxy) is 1. The maximum Gasteiger partial charge on any atom is 0.256 e. The van der Waals surface area contributed by atoms with Gasteiger partial charge in [-0.1, -0.05) is 11.6 Å². The van der Waals surface area contributed by atoms with E-state index in [9.17, 15) is 9.59 Å². The second-order valence-electron chi connectivity index (χ2n) is 4.91. The number of carbonyl (C=O) groups excluding carboxylic acids is 2. The first-order valence-corrected chi connectivity index (χ1v) is 7.17. The van der Waals surface area contributed by atoms with Crippen LogP contribution in [0.25, 0.3) is 0 Å². The Morgan fingerprint density at radius 3 is 2.81 bits per heavy atom. The molecule has 114 valence electrons. The molecule has 0 aliphatic carbocycles. The molecule has 0 spiro atoms. The lowest BCUT2D eigenvalue weighted by Gasteiger charge is -2.32. The minimum atomic E-state index is -0.127. The lowest BCUT2D eigenvalue weighted by atomic mass is 10.0. The van der Waals surface area contributed by atoms with Gasteiger partial charge in [0.15, 0.2) is 0 Å². The number of nitrogens with zero attached hydrogens (tertiary/aromatic N) is 2. The predicted octanol–water partition coefficient (Wildman–Crippen LogP) is 1.10. The molecule has 2 rings (SSSR count). The van der Waals surface area contributed by atoms with Gasteiger partial charge >= 0.3 is 0 Å². The van der Waals surface area contributed by atoms with E-state index >= 15 is 0 Å². The molecule has 0 aromatic carbocycles. The van der Waals surface area contributed by atoms with Crippen LogP contribution in [-0.4, -0.2) is 54.5 Å². The van der Waals surface area contributed by atoms with Crippen molar-refractivity contribution in [2.75, 3.05) is 26.8 Å². The van der Waals surface area contributed by atoms with E-state index in [2.05, 4.69) is 10.3 Å². The van der Waals surface area contributed by atoms with E-state index in [-0.39, 0.29) is 29.6 Å². The number of hydrogen-bond acceptors (Lipinski definition) is 4. The Morgan fingerprint density at radius 2 is 2.19 bits per heavy atom. The maximum absolute atomic E-state index is 12.3. The van der Waals surface area contributed by atoms with Crippen molar-refractivity contribution in [3.63, 3.8) is 0 Å². The molecule has 1 fully saturated rings. The average Bonchev–Trinajstić information content (AvgIpc) is 2.48. The summed E-state index contributed by atoms with van der Waals surface area (Å²) < 4.78 is 4.78. The SMILES string of the molecule is COCC(=O)NC1CCN(C(=O)c2cccnc2Cl)CC1. The van der Waals surface area contributed by atoms with Crippen molar-refractivity contribution in [1.82, 2.24) is 15.2 Å². The number of methoxy groups -OCH3 is 1. The van der Waals surface area contributed by atoms with Crippen molar-refractivity contribution < 1.29 is 14.3 Å². The second-order valence-corrected chi connectivity index (χ2v) is 5.27. The number of nitrogens with one attached hydrogen (secondary N) is 1. The normalized spacial score (nSPS) is 15.8. The number of hydrogen-bond donors (Lipinski definition) is 1. The second kappa shape index (κ2) is 7.38. The predicted molar refractivity (Wildman–Crippen MR) is 78.2 cm³/mol. The first-order chi connectivity index (χ1) is 10.1. The zero-order valence-corrected chi connectivity index (χ0v) is 12.6. The summed E-state index contributed by atoms with van der Waals surface area (Å²) >= 11 is 5.94. The number of pyridine rings is 1. The van der Waals surface area contributed by atoms with Crippen LogP contribution in [-0.2, 0) is 9.53 Å². The van der Waals surface area contributed by atoms with Crippen LogP contribution in [0.4, 0.5) is 0 Å². The van der Waals surface area contributed by atoms with E-state index in [4.69, 9.17) is 16.3 Å². The molecule has 0 radical (unpaired) electrons. The Kier molecular flexibility index (Phi) is 5.52. The fourth-order valence-corrected chi connectivity index (χ4v) is 2.54. The maximum atomic E-state index is 12.3. The van der Waals surface area contributed by atoms with Gasteiger partial charge in [0, 0.05) is 32.4 Å². The van der Waals surface area contributed by atoms with Crippen molar-refractivity contribution in [2.24, 2.45) is 0 Å². The molecule has 0 unspecified atom stereocenters. The molecule has 2 heterocycles. The van der Waals surface area contributed by atoms with Crippen LogP contribution in [0.1, 0.15) is 23.2 Å². The smallest absolute Gasteiger partial charge is 0.256 e. The van der Waals surface area contributed by atoms with E-state index in [0.717, 1.165) is 12.8 Å². The molecule has 21 heavy (non-hydrogen) atoms. The number of likely N-dealkylation sites (tertiary alicyclic amines) is 1. The molecule has 2 amide bonds. The Morgan fingerprint density at radius 1 is 1.48 bits per heavy atom. The molecule has 0 bridgehead atoms. The van der Waals surface area contributed by atoms with Crippen LogP contribution in [0, 0.1) is 0 Å². The molecule has 6 nitrogen and oxygen atoms in total. The third-order valence-corrected chi connectivity index (χ3v) is 3.71. The van der Waals surface area contributed by atoms with Crippen molar-refractivity contribution in [2.45, 2.75) is 18.9 Å². The lowest BCUT2D eigenvalue weighted by Crippen LogP contribution is -2.47. The van der Waals surface area contributed by atoms with Crippen LogP contribution < -0.4 is 5.32 Å². The van der Waals surface area contributed by atoms with Crippen molar-refractivity contribution in [3.05, 3.63) is 29.0 Å². The average molecular weight is 312 g/mol. The minimum absolute atomic E-state index is 0.0600. The van der Waals surface area contributed by atoms with Gasteiger partial charge in [-0.15, -0.1) is 0 Å². The van der Waals surface area contributed by atoms with Gasteiger partial charge in [-0.05, 0) is 25.0 Å². The van der Waals surface area contributed by atoms with Crippen LogP contribution in [0.2, 0.25) is 5.15 Å². The number of aromatic nitrogens is 1. The van der Waals surface area contributed by atoms with Crippen LogP contribution in [0.5, 0.6) is 0 Å². The monoisotopic (exact) mass is 311 g/mol. The molecular formula is C14H18ClN3O3. The molecule has 1 aliphatic rings. The highest BCUT2D eigenvalue weighted by molar-refractivity contribution is 6.32. The molecule has 1 aromatic rings. The summed E-state index contributed by atoms with van der Waals surface area (Å²) in [6.45, 7) is 1.23. The number of carbonyl (C=O) groups is 2. The van der Waals surface area contributed by atoms with E-state index in [1.165, 1.54) is 7.11 Å². The highest BCUT2D eigenvalue weighted by atomic mass is 35.5. The van der Waals surface area contributed by atoms with Gasteiger partial charge in [-0.2, -0.15) is 0 Å². The standard InChI is InChI=1S/C14H18ClN3O3/c1-21-9-12(19)17-10-4-7-18(8-5-10)14(20)11-3-2-6-16-13(11)15/h2-3,6,10H,4-5,7-9H2,1H3,(H,17,19). The molecule has 0 atom stereocenters. The van der Waals surface area contributed by atoms with Crippen molar-refractivity contribution in [3.8, 4) is 0 Å². The summed E-state index contributed by atoms with van der Waals surface area (Å²) in [7, 11) is 1.48. The van der Waals surface area contributed by atoms with Gasteiger partial charge in [-0.25, -0.2) is 4.98 Å². The summed E-state index contributed by atoms with van der Waals surface area (Å²) in [5, 5.41) is 3.11. The molecule has 1 saturated heterocycles. The third-order valence-electron chi connectivity index (χ3n) is 3.41. The highest BCUT2D eigenvalue weighted by Gasteiger charge is 2.25. The Hall–Kier alpha value is -1.66. The zero-order valence-electron chi connectivity index (χ0n) is 11.8. The van der Waals surface area contributed by atoms with Gasteiger partial charge in [0.05, 0.1) is 5.56 Å². The number of rotatable bonds is 4. The zero-order chi connectivity index (χ0) is 15.2. The Balaban J connectivity index is 1.88. The van der Waals surface area contributed by atoms with E-state index in [1.807, 2.05) is 0 Å². The molecule has 1 aliphatic heterocycles. The number of amides is 2. The molecule has 1 aromatic heterocycles. The van der Waals surface area contributed by atoms with Gasteiger partial charge in [0.2, 0.25) is 5.91 Å². The summed E-state index contributed by atoms with van der Waals surface area (Å²) in [6, 6.07) is 3.45. The molecular weight excluding hydrogens is 294 g/mol. The van der Waals surface area contributed by atoms with Crippen molar-refractivity contribution >= 4 is 23.4 Å². The number of piperidine rings is 1. The van der Waals surface area contributed by atoms with E-state index in [0.29, 0.717) is 18.7 Å². The first kappa shape index (κ1) is 15.7. The minimum Gasteiger partial charge on any atom is -0.375 e. The first-order valence-electron chi connectivity index (χ1n) is 6.80. The fourth-order valence-electron chi connectivity index (χ4n) is 2.34. The quantitative estimate of drug-likeness (QED) is 0.845. The largest absolute Gasteiger partial charge is 0.375 e. The third kappa shape index (κ3) is 4.15. The molecule has 7 heteroatoms. The summed E-state index contributed by atoms with van der Waals surface area (Å²) in [6.07, 6.45) is 2.99. The Bertz CT molecular complexity index is 516. The molecule has 1 N–H and O–H groups in total. The summed E-state index contributed by atoms with van der Waals surface area (Å²) in [4.78, 5) is 29.5. The number of halogens is 1. The van der Waals surface area contributed by atoms with Crippen LogP contribution in [0.15, 0.2) is 18.3 Å². The van der Waals surface area contributed by atoms with E-state index in [1.54, 1.807) is 23.2 Å². The van der Waals surface area contributed by atoms with Crippen LogP contribution in [0.3, 0.4) is 0 Å². The Labute approximate surface area is 128 Å².